The molecular formula is C12H20Cl2Si. The second-order valence-electron chi connectivity index (χ2n) is 5.49. The lowest BCUT2D eigenvalue weighted by atomic mass is 9.91. The normalized spacial score (nSPS) is 34.3. The molecule has 86 valence electrons. The van der Waals surface area contributed by atoms with Crippen LogP contribution in [0.15, 0.2) is 12.2 Å². The Morgan fingerprint density at radius 1 is 1.27 bits per heavy atom. The maximum Gasteiger partial charge on any atom is 0.253 e. The summed E-state index contributed by atoms with van der Waals surface area (Å²) < 4.78 is 0. The van der Waals surface area contributed by atoms with Crippen molar-refractivity contribution in [2.45, 2.75) is 44.7 Å². The van der Waals surface area contributed by atoms with Gasteiger partial charge in [0, 0.05) is 0 Å². The highest BCUT2D eigenvalue weighted by Crippen LogP contribution is 2.47. The quantitative estimate of drug-likeness (QED) is 0.384. The molecule has 0 aliphatic heterocycles. The minimum atomic E-state index is -1.96. The first-order valence-corrected chi connectivity index (χ1v) is 10.4. The number of allylic oxidation sites excluding steroid dienone is 2. The first kappa shape index (κ1) is 12.0. The van der Waals surface area contributed by atoms with Gasteiger partial charge < -0.3 is 0 Å². The highest BCUT2D eigenvalue weighted by molar-refractivity contribution is 7.45. The zero-order valence-corrected chi connectivity index (χ0v) is 12.1. The van der Waals surface area contributed by atoms with Gasteiger partial charge in [0.2, 0.25) is 0 Å². The summed E-state index contributed by atoms with van der Waals surface area (Å²) in [5, 5.41) is 0. The van der Waals surface area contributed by atoms with Crippen LogP contribution in [0.2, 0.25) is 11.6 Å². The van der Waals surface area contributed by atoms with Gasteiger partial charge in [-0.15, -0.1) is 22.2 Å². The smallest absolute Gasteiger partial charge is 0.146 e. The van der Waals surface area contributed by atoms with Gasteiger partial charge in [0.15, 0.2) is 0 Å². The summed E-state index contributed by atoms with van der Waals surface area (Å²) in [4.78, 5) is 0. The average Bonchev–Trinajstić information content (AvgIpc) is 2.75. The first-order chi connectivity index (χ1) is 6.99. The molecule has 0 aromatic heterocycles. The van der Waals surface area contributed by atoms with Crippen molar-refractivity contribution < 1.29 is 0 Å². The molecule has 2 aliphatic rings. The summed E-state index contributed by atoms with van der Waals surface area (Å²) >= 11 is 12.9. The Hall–Kier alpha value is 0.537. The average molecular weight is 263 g/mol. The van der Waals surface area contributed by atoms with E-state index in [1.807, 2.05) is 0 Å². The minimum absolute atomic E-state index is 0.481. The maximum absolute atomic E-state index is 6.44. The van der Waals surface area contributed by atoms with Crippen LogP contribution in [-0.2, 0) is 0 Å². The van der Waals surface area contributed by atoms with Crippen molar-refractivity contribution in [1.82, 2.24) is 0 Å². The highest BCUT2D eigenvalue weighted by atomic mass is 35.7. The maximum atomic E-state index is 6.44. The lowest BCUT2D eigenvalue weighted by Gasteiger charge is -2.24. The number of hydrogen-bond acceptors (Lipinski definition) is 0. The fraction of sp³-hybridized carbons (Fsp3) is 0.833. The monoisotopic (exact) mass is 262 g/mol. The van der Waals surface area contributed by atoms with Crippen molar-refractivity contribution in [3.63, 3.8) is 0 Å². The molecule has 15 heavy (non-hydrogen) atoms. The topological polar surface area (TPSA) is 0 Å². The molecule has 0 spiro atoms. The molecular weight excluding hydrogens is 243 g/mol. The van der Waals surface area contributed by atoms with Crippen LogP contribution in [0.5, 0.6) is 0 Å². The van der Waals surface area contributed by atoms with Gasteiger partial charge in [-0.1, -0.05) is 32.4 Å². The summed E-state index contributed by atoms with van der Waals surface area (Å²) in [7, 11) is 0. The molecule has 2 bridgehead atoms. The molecule has 1 saturated carbocycles. The molecule has 0 aromatic carbocycles. The van der Waals surface area contributed by atoms with Gasteiger partial charge in [-0.05, 0) is 42.2 Å². The molecule has 3 unspecified atom stereocenters. The third kappa shape index (κ3) is 2.62. The van der Waals surface area contributed by atoms with E-state index in [2.05, 4.69) is 26.0 Å². The summed E-state index contributed by atoms with van der Waals surface area (Å²) in [5.41, 5.74) is 0.481. The molecule has 2 rings (SSSR count). The van der Waals surface area contributed by atoms with Crippen LogP contribution in [-0.4, -0.2) is 6.69 Å². The van der Waals surface area contributed by atoms with Crippen molar-refractivity contribution >= 4 is 28.9 Å². The van der Waals surface area contributed by atoms with Crippen LogP contribution in [0.4, 0.5) is 0 Å². The van der Waals surface area contributed by atoms with Crippen LogP contribution < -0.4 is 0 Å². The lowest BCUT2D eigenvalue weighted by molar-refractivity contribution is 0.432. The van der Waals surface area contributed by atoms with Gasteiger partial charge in [0.1, 0.15) is 0 Å². The Morgan fingerprint density at radius 2 is 2.00 bits per heavy atom. The molecule has 3 atom stereocenters. The van der Waals surface area contributed by atoms with E-state index >= 15 is 0 Å². The minimum Gasteiger partial charge on any atom is -0.146 e. The molecule has 0 saturated heterocycles. The fourth-order valence-electron chi connectivity index (χ4n) is 2.89. The second-order valence-corrected chi connectivity index (χ2v) is 13.3. The zero-order valence-electron chi connectivity index (χ0n) is 9.55. The standard InChI is InChI=1S/C12H20Cl2Si/c1-9(2)15(13,14)6-5-12-8-10-3-4-11(12)7-10/h3-4,9-12H,5-8H2,1-2H3. The number of halogens is 2. The summed E-state index contributed by atoms with van der Waals surface area (Å²) in [6.07, 6.45) is 8.85. The summed E-state index contributed by atoms with van der Waals surface area (Å²) in [5.74, 6) is 2.60. The fourth-order valence-corrected chi connectivity index (χ4v) is 4.88. The number of hydrogen-bond donors (Lipinski definition) is 0. The van der Waals surface area contributed by atoms with Gasteiger partial charge in [-0.2, -0.15) is 0 Å². The van der Waals surface area contributed by atoms with Gasteiger partial charge in [-0.3, -0.25) is 0 Å². The Bertz CT molecular complexity index is 260. The van der Waals surface area contributed by atoms with Crippen LogP contribution in [0, 0.1) is 17.8 Å². The predicted octanol–water partition coefficient (Wildman–Crippen LogP) is 4.92. The Labute approximate surface area is 103 Å². The van der Waals surface area contributed by atoms with E-state index in [-0.39, 0.29) is 0 Å². The molecule has 0 heterocycles. The van der Waals surface area contributed by atoms with E-state index < -0.39 is 6.69 Å². The second kappa shape index (κ2) is 4.42. The van der Waals surface area contributed by atoms with Crippen molar-refractivity contribution in [3.05, 3.63) is 12.2 Å². The third-order valence-electron chi connectivity index (χ3n) is 4.11. The van der Waals surface area contributed by atoms with Crippen molar-refractivity contribution in [3.8, 4) is 0 Å². The Balaban J connectivity index is 1.82. The van der Waals surface area contributed by atoms with Gasteiger partial charge in [0.05, 0.1) is 0 Å². The van der Waals surface area contributed by atoms with Crippen molar-refractivity contribution in [2.75, 3.05) is 0 Å². The molecule has 2 aliphatic carbocycles. The number of fused-ring (bicyclic) bond motifs is 2. The Morgan fingerprint density at radius 3 is 2.47 bits per heavy atom. The third-order valence-corrected chi connectivity index (χ3v) is 10.5. The summed E-state index contributed by atoms with van der Waals surface area (Å²) in [6.45, 7) is 2.36. The summed E-state index contributed by atoms with van der Waals surface area (Å²) in [6, 6.07) is 1.08. The largest absolute Gasteiger partial charge is 0.253 e. The Kier molecular flexibility index (Phi) is 3.54. The van der Waals surface area contributed by atoms with E-state index in [1.165, 1.54) is 19.3 Å². The van der Waals surface area contributed by atoms with Crippen molar-refractivity contribution in [2.24, 2.45) is 17.8 Å². The van der Waals surface area contributed by atoms with Crippen LogP contribution in [0.1, 0.15) is 33.1 Å². The van der Waals surface area contributed by atoms with Crippen LogP contribution in [0.25, 0.3) is 0 Å². The lowest BCUT2D eigenvalue weighted by Crippen LogP contribution is -2.24. The van der Waals surface area contributed by atoms with Crippen molar-refractivity contribution in [1.29, 1.82) is 0 Å². The van der Waals surface area contributed by atoms with Crippen LogP contribution >= 0.6 is 22.2 Å². The molecule has 0 amide bonds. The molecule has 0 radical (unpaired) electrons. The van der Waals surface area contributed by atoms with Gasteiger partial charge in [-0.25, -0.2) is 0 Å². The molecule has 0 nitrogen and oxygen atoms in total. The molecule has 0 aromatic rings. The zero-order chi connectivity index (χ0) is 11.1. The first-order valence-electron chi connectivity index (χ1n) is 6.05. The van der Waals surface area contributed by atoms with E-state index in [9.17, 15) is 0 Å². The van der Waals surface area contributed by atoms with Gasteiger partial charge in [0.25, 0.3) is 6.69 Å². The molecule has 1 fully saturated rings. The van der Waals surface area contributed by atoms with Gasteiger partial charge >= 0.3 is 0 Å². The molecule has 0 N–H and O–H groups in total. The predicted molar refractivity (Wildman–Crippen MR) is 70.8 cm³/mol. The van der Waals surface area contributed by atoms with E-state index in [0.717, 1.165) is 23.8 Å². The van der Waals surface area contributed by atoms with E-state index in [4.69, 9.17) is 22.2 Å². The molecule has 3 heteroatoms. The number of rotatable bonds is 4. The highest BCUT2D eigenvalue weighted by Gasteiger charge is 2.38. The SMILES string of the molecule is CC(C)[Si](Cl)(Cl)CCC1CC2C=CC1C2. The van der Waals surface area contributed by atoms with E-state index in [0.29, 0.717) is 5.54 Å². The van der Waals surface area contributed by atoms with E-state index in [1.54, 1.807) is 0 Å². The van der Waals surface area contributed by atoms with Crippen LogP contribution in [0.3, 0.4) is 0 Å².